The lowest BCUT2D eigenvalue weighted by molar-refractivity contribution is 0.181. The van der Waals surface area contributed by atoms with E-state index in [0.717, 1.165) is 5.92 Å². The van der Waals surface area contributed by atoms with Crippen LogP contribution in [0.5, 0.6) is 0 Å². The summed E-state index contributed by atoms with van der Waals surface area (Å²) in [6.07, 6.45) is 7.04. The number of nitrogens with zero attached hydrogens (tertiary/aromatic N) is 1. The first-order valence-corrected chi connectivity index (χ1v) is 5.55. The van der Waals surface area contributed by atoms with Gasteiger partial charge in [0.1, 0.15) is 0 Å². The lowest BCUT2D eigenvalue weighted by atomic mass is 10.00. The molecule has 2 heteroatoms. The largest absolute Gasteiger partial charge is 0.303 e. The van der Waals surface area contributed by atoms with E-state index in [-0.39, 0.29) is 24.0 Å². The Balaban J connectivity index is 0.00000144. The number of piperidine rings is 1. The molecule has 0 radical (unpaired) electrons. The van der Waals surface area contributed by atoms with Crippen molar-refractivity contribution in [3.05, 3.63) is 0 Å². The zero-order valence-corrected chi connectivity index (χ0v) is 11.4. The van der Waals surface area contributed by atoms with Crippen LogP contribution in [0.15, 0.2) is 0 Å². The van der Waals surface area contributed by atoms with E-state index in [1.54, 1.807) is 0 Å². The maximum Gasteiger partial charge on any atom is 0.000703 e. The Hall–Kier alpha value is 0.690. The van der Waals surface area contributed by atoms with Crippen LogP contribution in [0.25, 0.3) is 0 Å². The smallest absolute Gasteiger partial charge is 0.000703 e. The first kappa shape index (κ1) is 13.7. The molecule has 1 atom stereocenters. The average Bonchev–Trinajstić information content (AvgIpc) is 2.05. The third-order valence-corrected chi connectivity index (χ3v) is 2.82. The molecule has 1 rings (SSSR count). The molecule has 1 heterocycles. The lowest BCUT2D eigenvalue weighted by Gasteiger charge is -2.30. The third kappa shape index (κ3) is 5.89. The van der Waals surface area contributed by atoms with Gasteiger partial charge in [0.25, 0.3) is 0 Å². The normalized spacial score (nSPS) is 24.0. The molecule has 80 valence electrons. The molecule has 1 nitrogen and oxygen atoms in total. The highest BCUT2D eigenvalue weighted by atomic mass is 127. The number of unbranched alkanes of at least 4 members (excludes halogenated alkanes) is 2. The fourth-order valence-corrected chi connectivity index (χ4v) is 2.08. The van der Waals surface area contributed by atoms with Gasteiger partial charge < -0.3 is 4.90 Å². The molecule has 1 unspecified atom stereocenters. The molecule has 0 bridgehead atoms. The summed E-state index contributed by atoms with van der Waals surface area (Å²) in [7, 11) is 0. The van der Waals surface area contributed by atoms with Gasteiger partial charge in [-0.15, -0.1) is 24.0 Å². The summed E-state index contributed by atoms with van der Waals surface area (Å²) in [6.45, 7) is 8.71. The van der Waals surface area contributed by atoms with Gasteiger partial charge in [-0.1, -0.05) is 26.7 Å². The number of rotatable bonds is 4. The number of hydrogen-bond acceptors (Lipinski definition) is 1. The molecule has 1 aliphatic rings. The molecule has 0 aromatic heterocycles. The van der Waals surface area contributed by atoms with Crippen molar-refractivity contribution in [2.45, 2.75) is 46.0 Å². The molecular formula is C11H24IN. The molecule has 0 aliphatic carbocycles. The first-order valence-electron chi connectivity index (χ1n) is 5.55. The second-order valence-electron chi connectivity index (χ2n) is 4.26. The molecule has 1 aliphatic heterocycles. The molecule has 0 amide bonds. The van der Waals surface area contributed by atoms with E-state index < -0.39 is 0 Å². The molecule has 0 spiro atoms. The van der Waals surface area contributed by atoms with E-state index in [1.807, 2.05) is 0 Å². The van der Waals surface area contributed by atoms with Crippen molar-refractivity contribution in [3.63, 3.8) is 0 Å². The monoisotopic (exact) mass is 297 g/mol. The number of hydrogen-bond donors (Lipinski definition) is 0. The maximum absolute atomic E-state index is 2.64. The van der Waals surface area contributed by atoms with Gasteiger partial charge in [-0.25, -0.2) is 0 Å². The quantitative estimate of drug-likeness (QED) is 0.567. The van der Waals surface area contributed by atoms with Crippen LogP contribution in [-0.2, 0) is 0 Å². The van der Waals surface area contributed by atoms with E-state index in [0.29, 0.717) is 0 Å². The van der Waals surface area contributed by atoms with Crippen molar-refractivity contribution in [1.29, 1.82) is 0 Å². The predicted molar refractivity (Wildman–Crippen MR) is 69.8 cm³/mol. The Morgan fingerprint density at radius 2 is 2.08 bits per heavy atom. The van der Waals surface area contributed by atoms with E-state index in [1.165, 1.54) is 51.7 Å². The van der Waals surface area contributed by atoms with Crippen LogP contribution in [0.2, 0.25) is 0 Å². The van der Waals surface area contributed by atoms with Crippen LogP contribution in [0.4, 0.5) is 0 Å². The zero-order chi connectivity index (χ0) is 8.81. The molecule has 13 heavy (non-hydrogen) atoms. The predicted octanol–water partition coefficient (Wildman–Crippen LogP) is 3.53. The summed E-state index contributed by atoms with van der Waals surface area (Å²) in [5.74, 6) is 0.945. The second-order valence-corrected chi connectivity index (χ2v) is 4.26. The van der Waals surface area contributed by atoms with E-state index in [2.05, 4.69) is 18.7 Å². The lowest BCUT2D eigenvalue weighted by Crippen LogP contribution is -2.34. The highest BCUT2D eigenvalue weighted by Gasteiger charge is 2.14. The molecule has 0 N–H and O–H groups in total. The minimum absolute atomic E-state index is 0. The van der Waals surface area contributed by atoms with E-state index in [4.69, 9.17) is 0 Å². The van der Waals surface area contributed by atoms with Crippen molar-refractivity contribution in [2.75, 3.05) is 19.6 Å². The van der Waals surface area contributed by atoms with Crippen molar-refractivity contribution in [2.24, 2.45) is 5.92 Å². The molecule has 1 saturated heterocycles. The first-order chi connectivity index (χ1) is 5.83. The Morgan fingerprint density at radius 3 is 2.69 bits per heavy atom. The van der Waals surface area contributed by atoms with Crippen LogP contribution >= 0.6 is 24.0 Å². The average molecular weight is 297 g/mol. The standard InChI is InChI=1S/C11H23N.HI/c1-3-4-5-8-12-9-6-7-11(2)10-12;/h11H,3-10H2,1-2H3;1H. The fraction of sp³-hybridized carbons (Fsp3) is 1.00. The van der Waals surface area contributed by atoms with Gasteiger partial charge >= 0.3 is 0 Å². The second kappa shape index (κ2) is 8.04. The van der Waals surface area contributed by atoms with Gasteiger partial charge in [-0.3, -0.25) is 0 Å². The Morgan fingerprint density at radius 1 is 1.31 bits per heavy atom. The van der Waals surface area contributed by atoms with Gasteiger partial charge in [0, 0.05) is 6.54 Å². The molecule has 0 aromatic rings. The van der Waals surface area contributed by atoms with Crippen LogP contribution in [-0.4, -0.2) is 24.5 Å². The number of halogens is 1. The summed E-state index contributed by atoms with van der Waals surface area (Å²) in [4.78, 5) is 2.64. The van der Waals surface area contributed by atoms with Crippen LogP contribution in [0.1, 0.15) is 46.0 Å². The van der Waals surface area contributed by atoms with E-state index >= 15 is 0 Å². The molecule has 0 saturated carbocycles. The maximum atomic E-state index is 2.64. The highest BCUT2D eigenvalue weighted by Crippen LogP contribution is 2.15. The summed E-state index contributed by atoms with van der Waals surface area (Å²) >= 11 is 0. The zero-order valence-electron chi connectivity index (χ0n) is 9.09. The third-order valence-electron chi connectivity index (χ3n) is 2.82. The topological polar surface area (TPSA) is 3.24 Å². The van der Waals surface area contributed by atoms with Crippen LogP contribution < -0.4 is 0 Å². The van der Waals surface area contributed by atoms with Crippen molar-refractivity contribution in [3.8, 4) is 0 Å². The van der Waals surface area contributed by atoms with Gasteiger partial charge in [-0.05, 0) is 38.3 Å². The minimum atomic E-state index is 0. The van der Waals surface area contributed by atoms with Gasteiger partial charge in [-0.2, -0.15) is 0 Å². The Bertz CT molecular complexity index is 117. The SMILES string of the molecule is CCCCCN1CCCC(C)C1.I. The van der Waals surface area contributed by atoms with Crippen molar-refractivity contribution < 1.29 is 0 Å². The minimum Gasteiger partial charge on any atom is -0.303 e. The van der Waals surface area contributed by atoms with Crippen molar-refractivity contribution >= 4 is 24.0 Å². The highest BCUT2D eigenvalue weighted by molar-refractivity contribution is 14.0. The fourth-order valence-electron chi connectivity index (χ4n) is 2.08. The molecule has 1 fully saturated rings. The Kier molecular flexibility index (Phi) is 8.46. The summed E-state index contributed by atoms with van der Waals surface area (Å²) in [5.41, 5.74) is 0. The molecule has 0 aromatic carbocycles. The van der Waals surface area contributed by atoms with Gasteiger partial charge in [0.2, 0.25) is 0 Å². The summed E-state index contributed by atoms with van der Waals surface area (Å²) in [5, 5.41) is 0. The van der Waals surface area contributed by atoms with Crippen LogP contribution in [0.3, 0.4) is 0 Å². The van der Waals surface area contributed by atoms with Crippen molar-refractivity contribution in [1.82, 2.24) is 4.90 Å². The summed E-state index contributed by atoms with van der Waals surface area (Å²) in [6, 6.07) is 0. The van der Waals surface area contributed by atoms with Gasteiger partial charge in [0.15, 0.2) is 0 Å². The molecular weight excluding hydrogens is 273 g/mol. The van der Waals surface area contributed by atoms with Gasteiger partial charge in [0.05, 0.1) is 0 Å². The Labute approximate surface area is 100 Å². The number of likely N-dealkylation sites (tertiary alicyclic amines) is 1. The van der Waals surface area contributed by atoms with E-state index in [9.17, 15) is 0 Å². The summed E-state index contributed by atoms with van der Waals surface area (Å²) < 4.78 is 0. The van der Waals surface area contributed by atoms with Crippen LogP contribution in [0, 0.1) is 5.92 Å².